The molecule has 27 heavy (non-hydrogen) atoms. The van der Waals surface area contributed by atoms with Gasteiger partial charge in [-0.2, -0.15) is 0 Å². The Morgan fingerprint density at radius 2 is 1.96 bits per heavy atom. The maximum Gasteiger partial charge on any atom is 0.258 e. The van der Waals surface area contributed by atoms with Gasteiger partial charge < -0.3 is 20.1 Å². The lowest BCUT2D eigenvalue weighted by Gasteiger charge is -2.08. The molecule has 3 aromatic rings. The summed E-state index contributed by atoms with van der Waals surface area (Å²) in [7, 11) is 0. The number of H-pyrrole nitrogens is 1. The summed E-state index contributed by atoms with van der Waals surface area (Å²) in [5, 5.41) is 29.8. The molecule has 2 aromatic carbocycles. The smallest absolute Gasteiger partial charge is 0.258 e. The van der Waals surface area contributed by atoms with Crippen LogP contribution in [-0.2, 0) is 6.54 Å². The number of aromatic hydroxyl groups is 2. The van der Waals surface area contributed by atoms with Crippen molar-refractivity contribution >= 4 is 32.9 Å². The van der Waals surface area contributed by atoms with Crippen molar-refractivity contribution in [3.63, 3.8) is 0 Å². The molecule has 0 atom stereocenters. The van der Waals surface area contributed by atoms with Crippen LogP contribution in [0.1, 0.15) is 11.1 Å². The number of aliphatic hydroxyl groups is 1. The lowest BCUT2D eigenvalue weighted by Crippen LogP contribution is -2.08. The Morgan fingerprint density at radius 3 is 2.70 bits per heavy atom. The lowest BCUT2D eigenvalue weighted by molar-refractivity contribution is 0.197. The summed E-state index contributed by atoms with van der Waals surface area (Å²) in [5.41, 5.74) is 0.753. The van der Waals surface area contributed by atoms with Crippen LogP contribution in [0.3, 0.4) is 0 Å². The number of fused-ring (bicyclic) bond motifs is 1. The van der Waals surface area contributed by atoms with E-state index in [1.807, 2.05) is 0 Å². The number of aromatic amines is 1. The summed E-state index contributed by atoms with van der Waals surface area (Å²) in [6, 6.07) is 10.0. The van der Waals surface area contributed by atoms with Crippen molar-refractivity contribution in [1.82, 2.24) is 4.98 Å². The molecule has 1 aromatic heterocycles. The van der Waals surface area contributed by atoms with E-state index < -0.39 is 0 Å². The minimum absolute atomic E-state index is 0.0441. The Kier molecular flexibility index (Phi) is 5.78. The predicted molar refractivity (Wildman–Crippen MR) is 106 cm³/mol. The molecule has 3 rings (SSSR count). The quantitative estimate of drug-likeness (QED) is 0.447. The molecule has 0 aliphatic rings. The molecule has 0 fully saturated rings. The topological polar surface area (TPSA) is 115 Å². The summed E-state index contributed by atoms with van der Waals surface area (Å²) >= 11 is 3.36. The number of aromatic nitrogens is 1. The maximum absolute atomic E-state index is 12.0. The Hall–Kier alpha value is -2.84. The molecular weight excluding hydrogens is 416 g/mol. The highest BCUT2D eigenvalue weighted by Gasteiger charge is 2.10. The van der Waals surface area contributed by atoms with Crippen LogP contribution in [0.2, 0.25) is 0 Å². The molecule has 0 radical (unpaired) electrons. The van der Waals surface area contributed by atoms with Gasteiger partial charge in [0.05, 0.1) is 18.7 Å². The Balaban J connectivity index is 1.86. The van der Waals surface area contributed by atoms with Crippen LogP contribution in [0.15, 0.2) is 50.7 Å². The molecule has 0 unspecified atom stereocenters. The molecule has 7 nitrogen and oxygen atoms in total. The van der Waals surface area contributed by atoms with Crippen molar-refractivity contribution in [2.45, 2.75) is 6.54 Å². The van der Waals surface area contributed by atoms with Crippen LogP contribution in [0.4, 0.5) is 0 Å². The Morgan fingerprint density at radius 1 is 1.15 bits per heavy atom. The number of pyridine rings is 1. The monoisotopic (exact) mass is 432 g/mol. The highest BCUT2D eigenvalue weighted by atomic mass is 79.9. The molecular formula is C19H17BrN2O5. The second-order valence-electron chi connectivity index (χ2n) is 5.75. The van der Waals surface area contributed by atoms with Gasteiger partial charge >= 0.3 is 0 Å². The third-order valence-electron chi connectivity index (χ3n) is 3.87. The van der Waals surface area contributed by atoms with Gasteiger partial charge in [0.2, 0.25) is 5.88 Å². The molecule has 140 valence electrons. The number of hydrogen-bond donors (Lipinski definition) is 4. The molecule has 0 aliphatic heterocycles. The molecule has 0 aliphatic carbocycles. The van der Waals surface area contributed by atoms with E-state index in [4.69, 9.17) is 9.84 Å². The van der Waals surface area contributed by atoms with Crippen molar-refractivity contribution in [1.29, 1.82) is 0 Å². The molecule has 0 saturated heterocycles. The van der Waals surface area contributed by atoms with Crippen LogP contribution < -0.4 is 10.3 Å². The summed E-state index contributed by atoms with van der Waals surface area (Å²) in [6.45, 7) is 0.208. The minimum atomic E-state index is -0.379. The van der Waals surface area contributed by atoms with E-state index in [9.17, 15) is 15.0 Å². The van der Waals surface area contributed by atoms with Gasteiger partial charge in [-0.3, -0.25) is 14.8 Å². The molecule has 1 heterocycles. The summed E-state index contributed by atoms with van der Waals surface area (Å²) in [4.78, 5) is 18.7. The van der Waals surface area contributed by atoms with Gasteiger partial charge in [-0.15, -0.1) is 0 Å². The molecule has 8 heteroatoms. The normalized spacial score (nSPS) is 11.3. The van der Waals surface area contributed by atoms with Crippen LogP contribution >= 0.6 is 15.9 Å². The Labute approximate surface area is 162 Å². The first-order valence-electron chi connectivity index (χ1n) is 8.09. The van der Waals surface area contributed by atoms with Gasteiger partial charge in [0.25, 0.3) is 5.56 Å². The average Bonchev–Trinajstić information content (AvgIpc) is 2.63. The zero-order valence-corrected chi connectivity index (χ0v) is 15.7. The van der Waals surface area contributed by atoms with Gasteiger partial charge in [-0.05, 0) is 35.9 Å². The van der Waals surface area contributed by atoms with Gasteiger partial charge in [0.15, 0.2) is 11.5 Å². The summed E-state index contributed by atoms with van der Waals surface area (Å²) < 4.78 is 5.97. The second-order valence-corrected chi connectivity index (χ2v) is 6.67. The standard InChI is InChI=1S/C19H17BrN2O5/c20-12-2-3-13-14(8-12)15(19(26)22-18(13)25)10-21-9-11-1-4-17(16(24)7-11)27-6-5-23/h1-4,7-8,10,23-24H,5-6,9H2,(H2,22,25,26). The number of aliphatic hydroxyl groups excluding tert-OH is 1. The van der Waals surface area contributed by atoms with E-state index in [1.54, 1.807) is 30.3 Å². The number of nitrogens with zero attached hydrogens (tertiary/aromatic N) is 1. The lowest BCUT2D eigenvalue weighted by atomic mass is 10.1. The van der Waals surface area contributed by atoms with E-state index in [0.717, 1.165) is 10.0 Å². The maximum atomic E-state index is 12.0. The summed E-state index contributed by atoms with van der Waals surface area (Å²) in [6.07, 6.45) is 1.48. The fraction of sp³-hybridized carbons (Fsp3) is 0.158. The number of phenols is 1. The van der Waals surface area contributed by atoms with Crippen molar-refractivity contribution in [2.75, 3.05) is 13.2 Å². The van der Waals surface area contributed by atoms with Crippen LogP contribution in [0, 0.1) is 0 Å². The van der Waals surface area contributed by atoms with Crippen molar-refractivity contribution < 1.29 is 20.1 Å². The van der Waals surface area contributed by atoms with E-state index in [0.29, 0.717) is 16.3 Å². The second kappa shape index (κ2) is 8.24. The number of hydrogen-bond acceptors (Lipinski definition) is 6. The predicted octanol–water partition coefficient (Wildman–Crippen LogP) is 2.69. The first-order chi connectivity index (χ1) is 13.0. The first kappa shape index (κ1) is 18.9. The third kappa shape index (κ3) is 4.29. The van der Waals surface area contributed by atoms with Crippen LogP contribution in [0.5, 0.6) is 17.4 Å². The highest BCUT2D eigenvalue weighted by molar-refractivity contribution is 9.10. The zero-order chi connectivity index (χ0) is 19.4. The van der Waals surface area contributed by atoms with Gasteiger partial charge in [0, 0.05) is 21.5 Å². The number of ether oxygens (including phenoxy) is 1. The fourth-order valence-corrected chi connectivity index (χ4v) is 2.98. The highest BCUT2D eigenvalue weighted by Crippen LogP contribution is 2.27. The number of phenolic OH excluding ortho intramolecular Hbond substituents is 1. The molecule has 0 saturated carbocycles. The summed E-state index contributed by atoms with van der Waals surface area (Å²) in [5.74, 6) is -0.0201. The number of benzene rings is 2. The average molecular weight is 433 g/mol. The number of aliphatic imine (C=N–C) groups is 1. The minimum Gasteiger partial charge on any atom is -0.504 e. The fourth-order valence-electron chi connectivity index (χ4n) is 2.62. The third-order valence-corrected chi connectivity index (χ3v) is 4.36. The van der Waals surface area contributed by atoms with Crippen molar-refractivity contribution in [3.8, 4) is 17.4 Å². The van der Waals surface area contributed by atoms with Gasteiger partial charge in [-0.1, -0.05) is 22.0 Å². The Bertz CT molecular complexity index is 1060. The molecule has 0 amide bonds. The largest absolute Gasteiger partial charge is 0.504 e. The number of nitrogens with one attached hydrogen (secondary N) is 1. The number of halogens is 1. The van der Waals surface area contributed by atoms with Crippen LogP contribution in [0.25, 0.3) is 10.8 Å². The van der Waals surface area contributed by atoms with E-state index in [2.05, 4.69) is 25.9 Å². The zero-order valence-electron chi connectivity index (χ0n) is 14.1. The molecule has 0 bridgehead atoms. The van der Waals surface area contributed by atoms with E-state index >= 15 is 0 Å². The van der Waals surface area contributed by atoms with Crippen LogP contribution in [-0.4, -0.2) is 39.7 Å². The molecule has 4 N–H and O–H groups in total. The van der Waals surface area contributed by atoms with Crippen molar-refractivity contribution in [2.24, 2.45) is 4.99 Å². The van der Waals surface area contributed by atoms with Gasteiger partial charge in [-0.25, -0.2) is 0 Å². The SMILES string of the molecule is O=c1[nH]c(O)c(C=NCc2ccc(OCCO)c(O)c2)c2cc(Br)ccc12. The molecule has 0 spiro atoms. The van der Waals surface area contributed by atoms with E-state index in [-0.39, 0.29) is 42.7 Å². The van der Waals surface area contributed by atoms with E-state index in [1.165, 1.54) is 12.3 Å². The first-order valence-corrected chi connectivity index (χ1v) is 8.89. The van der Waals surface area contributed by atoms with Gasteiger partial charge in [0.1, 0.15) is 6.61 Å². The van der Waals surface area contributed by atoms with Crippen molar-refractivity contribution in [3.05, 3.63) is 62.4 Å². The number of rotatable bonds is 6.